The fourth-order valence-corrected chi connectivity index (χ4v) is 1.42. The molecule has 0 aliphatic heterocycles. The van der Waals surface area contributed by atoms with Crippen molar-refractivity contribution in [3.05, 3.63) is 23.8 Å². The molecular formula is C11H18NO+. The smallest absolute Gasteiger partial charge is 0.139 e. The van der Waals surface area contributed by atoms with Gasteiger partial charge in [-0.2, -0.15) is 0 Å². The molecule has 0 fully saturated rings. The Labute approximate surface area is 80.0 Å². The van der Waals surface area contributed by atoms with Crippen LogP contribution in [0.15, 0.2) is 18.2 Å². The van der Waals surface area contributed by atoms with Gasteiger partial charge in [-0.3, -0.25) is 4.48 Å². The summed E-state index contributed by atoms with van der Waals surface area (Å²) in [5, 5.41) is 9.39. The first-order chi connectivity index (χ1) is 5.97. The van der Waals surface area contributed by atoms with E-state index in [4.69, 9.17) is 0 Å². The summed E-state index contributed by atoms with van der Waals surface area (Å²) in [6.45, 7) is 5.23. The lowest BCUT2D eigenvalue weighted by Gasteiger charge is -2.29. The van der Waals surface area contributed by atoms with E-state index >= 15 is 0 Å². The predicted molar refractivity (Wildman–Crippen MR) is 57.0 cm³/mol. The van der Waals surface area contributed by atoms with Gasteiger partial charge in [-0.1, -0.05) is 0 Å². The number of hydrogen-bond donors (Lipinski definition) is 1. The minimum atomic E-state index is 0.347. The molecule has 0 aliphatic carbocycles. The number of hydrogen-bond acceptors (Lipinski definition) is 1. The summed E-state index contributed by atoms with van der Waals surface area (Å²) in [7, 11) is 4.28. The van der Waals surface area contributed by atoms with Crippen molar-refractivity contribution < 1.29 is 5.11 Å². The Morgan fingerprint density at radius 1 is 1.31 bits per heavy atom. The van der Waals surface area contributed by atoms with Gasteiger partial charge in [-0.05, 0) is 26.0 Å². The third kappa shape index (κ3) is 2.01. The number of quaternary nitrogens is 1. The predicted octanol–water partition coefficient (Wildman–Crippen LogP) is 2.29. The summed E-state index contributed by atoms with van der Waals surface area (Å²) in [6.07, 6.45) is 0. The van der Waals surface area contributed by atoms with Gasteiger partial charge in [-0.25, -0.2) is 0 Å². The van der Waals surface area contributed by atoms with Crippen LogP contribution in [0.25, 0.3) is 0 Å². The van der Waals surface area contributed by atoms with Crippen molar-refractivity contribution in [2.75, 3.05) is 20.6 Å². The molecule has 0 spiro atoms. The van der Waals surface area contributed by atoms with Crippen molar-refractivity contribution >= 4 is 5.69 Å². The summed E-state index contributed by atoms with van der Waals surface area (Å²) in [4.78, 5) is 0. The van der Waals surface area contributed by atoms with Gasteiger partial charge in [0, 0.05) is 11.6 Å². The van der Waals surface area contributed by atoms with Gasteiger partial charge in [0.15, 0.2) is 0 Å². The van der Waals surface area contributed by atoms with E-state index in [1.165, 1.54) is 11.3 Å². The maximum Gasteiger partial charge on any atom is 0.139 e. The van der Waals surface area contributed by atoms with Crippen molar-refractivity contribution in [2.45, 2.75) is 13.8 Å². The largest absolute Gasteiger partial charge is 0.508 e. The van der Waals surface area contributed by atoms with Crippen LogP contribution in [0.3, 0.4) is 0 Å². The fraction of sp³-hybridized carbons (Fsp3) is 0.455. The Hall–Kier alpha value is -1.02. The molecule has 1 aromatic rings. The molecule has 0 saturated heterocycles. The van der Waals surface area contributed by atoms with Crippen molar-refractivity contribution in [3.8, 4) is 5.75 Å². The van der Waals surface area contributed by atoms with Gasteiger partial charge in [0.1, 0.15) is 11.4 Å². The van der Waals surface area contributed by atoms with Gasteiger partial charge in [0.05, 0.1) is 20.6 Å². The first-order valence-corrected chi connectivity index (χ1v) is 4.60. The number of aryl methyl sites for hydroxylation is 1. The van der Waals surface area contributed by atoms with Gasteiger partial charge in [-0.15, -0.1) is 0 Å². The molecule has 0 aliphatic rings. The van der Waals surface area contributed by atoms with Crippen molar-refractivity contribution in [2.24, 2.45) is 0 Å². The standard InChI is InChI=1S/C11H17NO/c1-5-12(3,4)11-8-10(13)7-6-9(11)2/h6-8H,5H2,1-4H3/p+1. The van der Waals surface area contributed by atoms with Crippen LogP contribution in [0, 0.1) is 6.92 Å². The molecule has 2 nitrogen and oxygen atoms in total. The number of benzene rings is 1. The molecule has 0 atom stereocenters. The van der Waals surface area contributed by atoms with E-state index in [1.807, 2.05) is 12.1 Å². The molecule has 2 heteroatoms. The van der Waals surface area contributed by atoms with Gasteiger partial charge >= 0.3 is 0 Å². The van der Waals surface area contributed by atoms with Crippen LogP contribution in [0.4, 0.5) is 5.69 Å². The molecule has 0 saturated carbocycles. The van der Waals surface area contributed by atoms with E-state index in [0.717, 1.165) is 11.0 Å². The summed E-state index contributed by atoms with van der Waals surface area (Å²) in [5.74, 6) is 0.347. The van der Waals surface area contributed by atoms with Gasteiger partial charge < -0.3 is 5.11 Å². The van der Waals surface area contributed by atoms with Crippen LogP contribution in [0.2, 0.25) is 0 Å². The zero-order valence-electron chi connectivity index (χ0n) is 8.83. The van der Waals surface area contributed by atoms with Gasteiger partial charge in [0.25, 0.3) is 0 Å². The monoisotopic (exact) mass is 180 g/mol. The topological polar surface area (TPSA) is 20.2 Å². The number of phenols is 1. The van der Waals surface area contributed by atoms with E-state index in [2.05, 4.69) is 27.9 Å². The number of nitrogens with zero attached hydrogens (tertiary/aromatic N) is 1. The summed E-state index contributed by atoms with van der Waals surface area (Å²) in [6, 6.07) is 5.54. The van der Waals surface area contributed by atoms with E-state index < -0.39 is 0 Å². The van der Waals surface area contributed by atoms with Crippen LogP contribution in [-0.4, -0.2) is 25.7 Å². The summed E-state index contributed by atoms with van der Waals surface area (Å²) in [5.41, 5.74) is 2.41. The second-order valence-corrected chi connectivity index (χ2v) is 3.97. The molecule has 0 unspecified atom stereocenters. The van der Waals surface area contributed by atoms with Crippen molar-refractivity contribution in [3.63, 3.8) is 0 Å². The Morgan fingerprint density at radius 2 is 1.92 bits per heavy atom. The minimum Gasteiger partial charge on any atom is -0.508 e. The van der Waals surface area contributed by atoms with Crippen LogP contribution < -0.4 is 4.48 Å². The Kier molecular flexibility index (Phi) is 2.62. The van der Waals surface area contributed by atoms with Crippen LogP contribution in [0.5, 0.6) is 5.75 Å². The van der Waals surface area contributed by atoms with Crippen molar-refractivity contribution in [1.29, 1.82) is 0 Å². The molecule has 0 aromatic heterocycles. The average molecular weight is 180 g/mol. The molecule has 72 valence electrons. The van der Waals surface area contributed by atoms with Crippen molar-refractivity contribution in [1.82, 2.24) is 4.48 Å². The lowest BCUT2D eigenvalue weighted by atomic mass is 10.1. The number of phenolic OH excluding ortho intramolecular Hbond substituents is 1. The van der Waals surface area contributed by atoms with E-state index in [0.29, 0.717) is 5.75 Å². The molecule has 1 rings (SSSR count). The molecular weight excluding hydrogens is 162 g/mol. The Balaban J connectivity index is 3.20. The highest BCUT2D eigenvalue weighted by Crippen LogP contribution is 2.27. The van der Waals surface area contributed by atoms with E-state index in [9.17, 15) is 5.11 Å². The van der Waals surface area contributed by atoms with Gasteiger partial charge in [0.2, 0.25) is 0 Å². The molecule has 0 amide bonds. The molecule has 1 aromatic carbocycles. The second kappa shape index (κ2) is 3.38. The van der Waals surface area contributed by atoms with E-state index in [-0.39, 0.29) is 0 Å². The second-order valence-electron chi connectivity index (χ2n) is 3.97. The third-order valence-corrected chi connectivity index (χ3v) is 2.64. The number of aromatic hydroxyl groups is 1. The SMILES string of the molecule is CC[N+](C)(C)c1cc(O)ccc1C. The normalized spacial score (nSPS) is 11.7. The highest BCUT2D eigenvalue weighted by Gasteiger charge is 2.19. The minimum absolute atomic E-state index is 0.347. The van der Waals surface area contributed by atoms with Crippen LogP contribution in [0.1, 0.15) is 12.5 Å². The summed E-state index contributed by atoms with van der Waals surface area (Å²) < 4.78 is 0.806. The highest BCUT2D eigenvalue weighted by atomic mass is 16.3. The first-order valence-electron chi connectivity index (χ1n) is 4.60. The molecule has 0 heterocycles. The lowest BCUT2D eigenvalue weighted by Crippen LogP contribution is -2.40. The van der Waals surface area contributed by atoms with Crippen LogP contribution in [-0.2, 0) is 0 Å². The molecule has 1 N–H and O–H groups in total. The first kappa shape index (κ1) is 10.1. The quantitative estimate of drug-likeness (QED) is 0.692. The van der Waals surface area contributed by atoms with E-state index in [1.54, 1.807) is 6.07 Å². The fourth-order valence-electron chi connectivity index (χ4n) is 1.42. The third-order valence-electron chi connectivity index (χ3n) is 2.64. The highest BCUT2D eigenvalue weighted by molar-refractivity contribution is 5.52. The Morgan fingerprint density at radius 3 is 2.46 bits per heavy atom. The molecule has 13 heavy (non-hydrogen) atoms. The number of rotatable bonds is 2. The Bertz CT molecular complexity index is 305. The maximum absolute atomic E-state index is 9.39. The molecule has 0 radical (unpaired) electrons. The molecule has 0 bridgehead atoms. The summed E-state index contributed by atoms with van der Waals surface area (Å²) >= 11 is 0. The average Bonchev–Trinajstić information content (AvgIpc) is 2.09. The lowest BCUT2D eigenvalue weighted by molar-refractivity contribution is 0.413. The zero-order chi connectivity index (χ0) is 10.1. The van der Waals surface area contributed by atoms with Crippen LogP contribution >= 0.6 is 0 Å². The maximum atomic E-state index is 9.39. The zero-order valence-corrected chi connectivity index (χ0v) is 8.83.